The van der Waals surface area contributed by atoms with E-state index >= 15 is 0 Å². The van der Waals surface area contributed by atoms with Crippen LogP contribution in [0.2, 0.25) is 0 Å². The van der Waals surface area contributed by atoms with Crippen molar-refractivity contribution in [2.45, 2.75) is 36.5 Å². The number of ether oxygens (including phenoxy) is 1. The van der Waals surface area contributed by atoms with Crippen molar-refractivity contribution >= 4 is 38.2 Å². The van der Waals surface area contributed by atoms with Crippen LogP contribution in [0.1, 0.15) is 30.9 Å². The van der Waals surface area contributed by atoms with Crippen molar-refractivity contribution in [1.29, 1.82) is 0 Å². The molecule has 6 rings (SSSR count). The zero-order valence-electron chi connectivity index (χ0n) is 18.4. The Morgan fingerprint density at radius 1 is 1.18 bits per heavy atom. The van der Waals surface area contributed by atoms with Crippen LogP contribution in [0.5, 0.6) is 5.75 Å². The Morgan fingerprint density at radius 2 is 2.00 bits per heavy atom. The molecule has 0 saturated heterocycles. The van der Waals surface area contributed by atoms with Crippen molar-refractivity contribution < 1.29 is 13.2 Å². The molecule has 0 amide bonds. The maximum Gasteiger partial charge on any atom is 0.165 e. The monoisotopic (exact) mass is 464 g/mol. The summed E-state index contributed by atoms with van der Waals surface area (Å²) < 4.78 is 30.9. The summed E-state index contributed by atoms with van der Waals surface area (Å²) in [5, 5.41) is 3.30. The third-order valence-electron chi connectivity index (χ3n) is 7.32. The molecule has 2 aromatic heterocycles. The van der Waals surface area contributed by atoms with Gasteiger partial charge in [-0.1, -0.05) is 6.07 Å². The number of aliphatic imine (C=N–C) groups is 1. The standard InChI is InChI=1S/C23H24N6O3S/c1-22(14-4-5-14)21(24)29-23(11-33(22,30)31)9-13-3-6-15(7-17(13)23)28-20-19-18(26-12-27-20)8-16(32-2)10-25-19/h3,6-8,10,12,14H,4-5,9,11H2,1-2H3,(H2,24,29)(H,26,27,28)/t22-,23-/m0/s1. The van der Waals surface area contributed by atoms with E-state index in [1.165, 1.54) is 6.33 Å². The number of hydrogen-bond donors (Lipinski definition) is 2. The van der Waals surface area contributed by atoms with E-state index in [4.69, 9.17) is 15.5 Å². The maximum absolute atomic E-state index is 13.4. The predicted octanol–water partition coefficient (Wildman–Crippen LogP) is 2.48. The third kappa shape index (κ3) is 2.86. The largest absolute Gasteiger partial charge is 0.495 e. The molecular formula is C23H24N6O3S. The number of aromatic nitrogens is 3. The van der Waals surface area contributed by atoms with Gasteiger partial charge in [0.05, 0.1) is 24.6 Å². The van der Waals surface area contributed by atoms with E-state index in [9.17, 15) is 8.42 Å². The summed E-state index contributed by atoms with van der Waals surface area (Å²) in [5.74, 6) is 1.48. The van der Waals surface area contributed by atoms with Crippen LogP contribution >= 0.6 is 0 Å². The lowest BCUT2D eigenvalue weighted by Gasteiger charge is -2.47. The summed E-state index contributed by atoms with van der Waals surface area (Å²) in [6.45, 7) is 1.74. The maximum atomic E-state index is 13.4. The first-order valence-corrected chi connectivity index (χ1v) is 12.5. The summed E-state index contributed by atoms with van der Waals surface area (Å²) in [5.41, 5.74) is 9.53. The fourth-order valence-corrected chi connectivity index (χ4v) is 7.49. The van der Waals surface area contributed by atoms with Crippen molar-refractivity contribution in [2.75, 3.05) is 18.2 Å². The van der Waals surface area contributed by atoms with Crippen LogP contribution in [0.25, 0.3) is 11.0 Å². The van der Waals surface area contributed by atoms with Gasteiger partial charge in [-0.05, 0) is 48.9 Å². The number of nitrogens with one attached hydrogen (secondary N) is 1. The molecule has 9 nitrogen and oxygen atoms in total. The van der Waals surface area contributed by atoms with Gasteiger partial charge in [-0.25, -0.2) is 23.4 Å². The van der Waals surface area contributed by atoms with Crippen molar-refractivity contribution in [3.05, 3.63) is 47.9 Å². The molecule has 3 aliphatic rings. The fourth-order valence-electron chi connectivity index (χ4n) is 5.13. The van der Waals surface area contributed by atoms with E-state index in [1.807, 2.05) is 18.2 Å². The van der Waals surface area contributed by atoms with E-state index in [0.717, 1.165) is 29.7 Å². The van der Waals surface area contributed by atoms with Crippen molar-refractivity contribution in [3.8, 4) is 5.75 Å². The number of amidine groups is 1. The number of nitrogens with zero attached hydrogens (tertiary/aromatic N) is 4. The average molecular weight is 465 g/mol. The van der Waals surface area contributed by atoms with Gasteiger partial charge in [0, 0.05) is 18.2 Å². The van der Waals surface area contributed by atoms with Crippen LogP contribution in [0.4, 0.5) is 11.5 Å². The first-order valence-electron chi connectivity index (χ1n) is 10.9. The topological polar surface area (TPSA) is 132 Å². The molecule has 1 saturated carbocycles. The number of pyridine rings is 1. The molecule has 0 unspecified atom stereocenters. The quantitative estimate of drug-likeness (QED) is 0.602. The van der Waals surface area contributed by atoms with Gasteiger partial charge in [-0.3, -0.25) is 4.99 Å². The Balaban J connectivity index is 1.37. The Hall–Kier alpha value is -3.27. The highest BCUT2D eigenvalue weighted by Gasteiger charge is 2.61. The first-order chi connectivity index (χ1) is 15.8. The Morgan fingerprint density at radius 3 is 2.73 bits per heavy atom. The Labute approximate surface area is 191 Å². The van der Waals surface area contributed by atoms with Gasteiger partial charge < -0.3 is 15.8 Å². The summed E-state index contributed by atoms with van der Waals surface area (Å²) in [6, 6.07) is 7.68. The van der Waals surface area contributed by atoms with Crippen LogP contribution in [-0.4, -0.2) is 46.8 Å². The second-order valence-electron chi connectivity index (χ2n) is 9.31. The van der Waals surface area contributed by atoms with Crippen molar-refractivity contribution in [3.63, 3.8) is 0 Å². The molecule has 33 heavy (non-hydrogen) atoms. The lowest BCUT2D eigenvalue weighted by Crippen LogP contribution is -2.60. The summed E-state index contributed by atoms with van der Waals surface area (Å²) in [6.07, 6.45) is 5.42. The zero-order valence-corrected chi connectivity index (χ0v) is 19.2. The molecule has 0 radical (unpaired) electrons. The molecule has 2 atom stereocenters. The summed E-state index contributed by atoms with van der Waals surface area (Å²) in [7, 11) is -1.87. The molecule has 3 N–H and O–H groups in total. The second-order valence-corrected chi connectivity index (χ2v) is 11.7. The van der Waals surface area contributed by atoms with Gasteiger partial charge in [-0.2, -0.15) is 0 Å². The van der Waals surface area contributed by atoms with Gasteiger partial charge in [0.1, 0.15) is 33.7 Å². The highest BCUT2D eigenvalue weighted by molar-refractivity contribution is 7.93. The molecule has 1 aromatic carbocycles. The van der Waals surface area contributed by atoms with Gasteiger partial charge in [0.2, 0.25) is 0 Å². The lowest BCUT2D eigenvalue weighted by molar-refractivity contribution is 0.406. The highest BCUT2D eigenvalue weighted by atomic mass is 32.2. The highest BCUT2D eigenvalue weighted by Crippen LogP contribution is 2.53. The van der Waals surface area contributed by atoms with Crippen LogP contribution < -0.4 is 15.8 Å². The second kappa shape index (κ2) is 6.63. The van der Waals surface area contributed by atoms with Crippen LogP contribution in [0.3, 0.4) is 0 Å². The Bertz CT molecular complexity index is 1450. The van der Waals surface area contributed by atoms with Crippen molar-refractivity contribution in [2.24, 2.45) is 16.6 Å². The lowest BCUT2D eigenvalue weighted by atomic mass is 9.71. The van der Waals surface area contributed by atoms with Gasteiger partial charge in [0.25, 0.3) is 0 Å². The molecular weight excluding hydrogens is 440 g/mol. The van der Waals surface area contributed by atoms with E-state index in [0.29, 0.717) is 29.0 Å². The smallest absolute Gasteiger partial charge is 0.165 e. The molecule has 3 heterocycles. The van der Waals surface area contributed by atoms with Gasteiger partial charge >= 0.3 is 0 Å². The number of sulfone groups is 1. The number of fused-ring (bicyclic) bond motifs is 3. The number of benzene rings is 1. The minimum absolute atomic E-state index is 0.0120. The van der Waals surface area contributed by atoms with Gasteiger partial charge in [0.15, 0.2) is 15.7 Å². The average Bonchev–Trinajstić information content (AvgIpc) is 3.63. The number of anilines is 2. The summed E-state index contributed by atoms with van der Waals surface area (Å²) >= 11 is 0. The van der Waals surface area contributed by atoms with Crippen molar-refractivity contribution in [1.82, 2.24) is 15.0 Å². The van der Waals surface area contributed by atoms with E-state index < -0.39 is 20.1 Å². The number of methoxy groups -OCH3 is 1. The molecule has 10 heteroatoms. The number of rotatable bonds is 4. The first kappa shape index (κ1) is 20.3. The molecule has 1 spiro atoms. The molecule has 2 aliphatic carbocycles. The predicted molar refractivity (Wildman–Crippen MR) is 126 cm³/mol. The molecule has 3 aromatic rings. The number of nitrogens with two attached hydrogens (primary N) is 1. The molecule has 1 fully saturated rings. The van der Waals surface area contributed by atoms with Crippen LogP contribution in [-0.2, 0) is 21.8 Å². The normalized spacial score (nSPS) is 27.5. The molecule has 0 bridgehead atoms. The Kier molecular flexibility index (Phi) is 4.09. The SMILES string of the molecule is COc1cnc2c(Nc3ccc4c(c3)[C@]3(C4)CS(=O)(=O)[C@@](C)(C4CC4)C(N)=N3)ncnc2c1. The van der Waals surface area contributed by atoms with E-state index in [-0.39, 0.29) is 17.5 Å². The molecule has 1 aliphatic heterocycles. The minimum Gasteiger partial charge on any atom is -0.495 e. The zero-order chi connectivity index (χ0) is 23.0. The van der Waals surface area contributed by atoms with E-state index in [1.54, 1.807) is 26.3 Å². The van der Waals surface area contributed by atoms with Crippen LogP contribution in [0, 0.1) is 5.92 Å². The third-order valence-corrected chi connectivity index (χ3v) is 10.0. The fraction of sp³-hybridized carbons (Fsp3) is 0.391. The van der Waals surface area contributed by atoms with E-state index in [2.05, 4.69) is 20.3 Å². The summed E-state index contributed by atoms with van der Waals surface area (Å²) in [4.78, 5) is 17.9. The molecule has 170 valence electrons. The number of hydrogen-bond acceptors (Lipinski definition) is 9. The van der Waals surface area contributed by atoms with Crippen LogP contribution in [0.15, 0.2) is 41.8 Å². The van der Waals surface area contributed by atoms with Gasteiger partial charge in [-0.15, -0.1) is 0 Å². The minimum atomic E-state index is -3.45.